The number of aromatic nitrogens is 2. The van der Waals surface area contributed by atoms with Crippen LogP contribution in [0.15, 0.2) is 30.5 Å². The number of rotatable bonds is 8. The van der Waals surface area contributed by atoms with Crippen molar-refractivity contribution in [2.24, 2.45) is 5.92 Å². The Morgan fingerprint density at radius 1 is 0.976 bits per heavy atom. The molecule has 2 aliphatic carbocycles. The van der Waals surface area contributed by atoms with Crippen LogP contribution in [0.4, 0.5) is 16.6 Å². The molecule has 3 heterocycles. The summed E-state index contributed by atoms with van der Waals surface area (Å²) in [6, 6.07) is 7.81. The summed E-state index contributed by atoms with van der Waals surface area (Å²) in [6.45, 7) is 3.75. The Labute approximate surface area is 243 Å². The molecule has 1 amide bonds. The van der Waals surface area contributed by atoms with Gasteiger partial charge in [0.1, 0.15) is 17.6 Å². The van der Waals surface area contributed by atoms with Crippen molar-refractivity contribution in [1.29, 1.82) is 0 Å². The first-order valence-corrected chi connectivity index (χ1v) is 15.7. The van der Waals surface area contributed by atoms with Gasteiger partial charge in [0.2, 0.25) is 5.95 Å². The summed E-state index contributed by atoms with van der Waals surface area (Å²) in [7, 11) is 2.16. The highest BCUT2D eigenvalue weighted by atomic mass is 16.7. The third-order valence-electron chi connectivity index (χ3n) is 10.4. The number of aryl methyl sites for hydroxylation is 1. The van der Waals surface area contributed by atoms with Crippen LogP contribution in [-0.2, 0) is 11.2 Å². The molecule has 220 valence electrons. The first-order valence-electron chi connectivity index (χ1n) is 15.7. The van der Waals surface area contributed by atoms with Crippen LogP contribution < -0.4 is 14.5 Å². The number of carboxylic acid groups (broad SMARTS) is 1. The van der Waals surface area contributed by atoms with Crippen molar-refractivity contribution in [2.45, 2.75) is 89.1 Å². The van der Waals surface area contributed by atoms with Crippen molar-refractivity contribution in [3.05, 3.63) is 41.6 Å². The van der Waals surface area contributed by atoms with Gasteiger partial charge in [0, 0.05) is 57.2 Å². The van der Waals surface area contributed by atoms with Gasteiger partial charge in [-0.15, -0.1) is 0 Å². The van der Waals surface area contributed by atoms with Gasteiger partial charge in [0.15, 0.2) is 0 Å². The van der Waals surface area contributed by atoms with Crippen LogP contribution in [0, 0.1) is 5.92 Å². The number of benzene rings is 1. The number of ether oxygens (including phenoxy) is 1. The van der Waals surface area contributed by atoms with Gasteiger partial charge in [-0.3, -0.25) is 4.48 Å². The van der Waals surface area contributed by atoms with Gasteiger partial charge in [-0.05, 0) is 55.4 Å². The predicted molar refractivity (Wildman–Crippen MR) is 157 cm³/mol. The molecule has 6 rings (SSSR count). The van der Waals surface area contributed by atoms with Crippen molar-refractivity contribution in [1.82, 2.24) is 9.97 Å². The molecule has 1 N–H and O–H groups in total. The summed E-state index contributed by atoms with van der Waals surface area (Å²) in [5.41, 5.74) is 2.28. The van der Waals surface area contributed by atoms with Crippen LogP contribution in [0.1, 0.15) is 87.8 Å². The fourth-order valence-corrected chi connectivity index (χ4v) is 8.00. The summed E-state index contributed by atoms with van der Waals surface area (Å²) in [4.78, 5) is 39.7. The molecule has 41 heavy (non-hydrogen) atoms. The van der Waals surface area contributed by atoms with Gasteiger partial charge in [0.25, 0.3) is 0 Å². The molecule has 1 aromatic carbocycles. The lowest BCUT2D eigenvalue weighted by Gasteiger charge is -2.47. The zero-order chi connectivity index (χ0) is 28.4. The average molecular weight is 563 g/mol. The molecule has 9 nitrogen and oxygen atoms in total. The summed E-state index contributed by atoms with van der Waals surface area (Å²) in [5, 5.41) is 9.21. The Kier molecular flexibility index (Phi) is 8.15. The molecule has 1 saturated carbocycles. The highest BCUT2D eigenvalue weighted by Gasteiger charge is 2.50. The number of fused-ring (bicyclic) bond motifs is 1. The van der Waals surface area contributed by atoms with E-state index in [4.69, 9.17) is 9.72 Å². The highest BCUT2D eigenvalue weighted by molar-refractivity contribution is 5.70. The average Bonchev–Trinajstić information content (AvgIpc) is 3.78. The van der Waals surface area contributed by atoms with Crippen LogP contribution >= 0.6 is 0 Å². The van der Waals surface area contributed by atoms with E-state index >= 15 is 0 Å². The second kappa shape index (κ2) is 12.0. The van der Waals surface area contributed by atoms with Gasteiger partial charge >= 0.3 is 12.1 Å². The lowest BCUT2D eigenvalue weighted by Crippen LogP contribution is -2.60. The normalized spacial score (nSPS) is 23.0. The van der Waals surface area contributed by atoms with E-state index in [1.54, 1.807) is 6.07 Å². The largest absolute Gasteiger partial charge is 0.511 e. The Bertz CT molecular complexity index is 1250. The summed E-state index contributed by atoms with van der Waals surface area (Å²) < 4.78 is 5.43. The fourth-order valence-electron chi connectivity index (χ4n) is 8.00. The quantitative estimate of drug-likeness (QED) is 0.247. The van der Waals surface area contributed by atoms with Crippen molar-refractivity contribution in [2.75, 3.05) is 43.0 Å². The first kappa shape index (κ1) is 27.9. The number of hydrogen-bond donors (Lipinski definition) is 1. The molecule has 0 radical (unpaired) electrons. The van der Waals surface area contributed by atoms with Crippen LogP contribution in [-0.4, -0.2) is 70.9 Å². The molecule has 1 aromatic heterocycles. The van der Waals surface area contributed by atoms with E-state index < -0.39 is 6.16 Å². The number of amides is 1. The van der Waals surface area contributed by atoms with Crippen molar-refractivity contribution in [3.63, 3.8) is 0 Å². The molecule has 2 atom stereocenters. The number of carbonyl (C=O) groups is 2. The Hall–Kier alpha value is -3.20. The van der Waals surface area contributed by atoms with Crippen LogP contribution in [0.3, 0.4) is 0 Å². The SMILES string of the molecule is C[N+](C(=O)CCC1CCCC1)(C1CCN(c2ccnc(N3CCCC3)n2)CC1)C1CCc2ccc(OC(=O)O)cc21. The zero-order valence-electron chi connectivity index (χ0n) is 24.3. The lowest BCUT2D eigenvalue weighted by molar-refractivity contribution is -0.892. The number of anilines is 2. The Balaban J connectivity index is 1.23. The number of hydrogen-bond acceptors (Lipinski definition) is 7. The van der Waals surface area contributed by atoms with Crippen molar-refractivity contribution < 1.29 is 23.9 Å². The van der Waals surface area contributed by atoms with E-state index in [1.165, 1.54) is 44.1 Å². The van der Waals surface area contributed by atoms with Gasteiger partial charge in [-0.2, -0.15) is 4.98 Å². The minimum absolute atomic E-state index is 0.00999. The Morgan fingerprint density at radius 2 is 1.73 bits per heavy atom. The van der Waals surface area contributed by atoms with E-state index in [1.807, 2.05) is 24.4 Å². The number of carbonyl (C=O) groups excluding carboxylic acids is 1. The molecule has 0 bridgehead atoms. The van der Waals surface area contributed by atoms with Gasteiger partial charge in [0.05, 0.1) is 19.5 Å². The molecule has 2 aromatic rings. The molecule has 0 spiro atoms. The minimum Gasteiger partial charge on any atom is -0.449 e. The maximum absolute atomic E-state index is 14.3. The smallest absolute Gasteiger partial charge is 0.449 e. The minimum atomic E-state index is -1.31. The number of piperidine rings is 1. The molecule has 3 fully saturated rings. The standard InChI is InChI=1S/C32H43N5O4/c1-37(30(38)13-8-23-6-2-3-7-23,28-12-10-24-9-11-26(22-27(24)28)41-32(39)40)25-15-20-35(21-16-25)29-14-17-33-31(34-29)36-18-4-5-19-36/h9,11,14,17,22-23,25,28H,2-8,10,12-13,15-16,18-21H2,1H3/p+1. The molecule has 2 aliphatic heterocycles. The molecular formula is C32H44N5O4+. The summed E-state index contributed by atoms with van der Waals surface area (Å²) in [6.07, 6.45) is 13.2. The maximum atomic E-state index is 14.3. The molecular weight excluding hydrogens is 518 g/mol. The van der Waals surface area contributed by atoms with E-state index in [0.717, 1.165) is 75.6 Å². The summed E-state index contributed by atoms with van der Waals surface area (Å²) in [5.74, 6) is 3.13. The molecule has 9 heteroatoms. The topological polar surface area (TPSA) is 95.9 Å². The van der Waals surface area contributed by atoms with E-state index in [9.17, 15) is 14.7 Å². The third-order valence-corrected chi connectivity index (χ3v) is 10.4. The molecule has 4 aliphatic rings. The van der Waals surface area contributed by atoms with Crippen LogP contribution in [0.5, 0.6) is 5.75 Å². The second-order valence-electron chi connectivity index (χ2n) is 12.6. The summed E-state index contributed by atoms with van der Waals surface area (Å²) >= 11 is 0. The van der Waals surface area contributed by atoms with Crippen LogP contribution in [0.25, 0.3) is 0 Å². The maximum Gasteiger partial charge on any atom is 0.511 e. The van der Waals surface area contributed by atoms with E-state index in [2.05, 4.69) is 21.8 Å². The number of quaternary nitrogens is 1. The Morgan fingerprint density at radius 3 is 2.46 bits per heavy atom. The fraction of sp³-hybridized carbons (Fsp3) is 0.625. The zero-order valence-corrected chi connectivity index (χ0v) is 24.3. The van der Waals surface area contributed by atoms with Crippen molar-refractivity contribution >= 4 is 23.8 Å². The van der Waals surface area contributed by atoms with E-state index in [-0.39, 0.29) is 12.1 Å². The van der Waals surface area contributed by atoms with Crippen molar-refractivity contribution in [3.8, 4) is 5.75 Å². The molecule has 2 unspecified atom stereocenters. The van der Waals surface area contributed by atoms with E-state index in [0.29, 0.717) is 28.5 Å². The van der Waals surface area contributed by atoms with Gasteiger partial charge in [-0.25, -0.2) is 14.6 Å². The predicted octanol–water partition coefficient (Wildman–Crippen LogP) is 5.73. The number of nitrogens with zero attached hydrogens (tertiary/aromatic N) is 5. The van der Waals surface area contributed by atoms with Gasteiger partial charge < -0.3 is 19.6 Å². The van der Waals surface area contributed by atoms with Gasteiger partial charge in [-0.1, -0.05) is 31.7 Å². The lowest BCUT2D eigenvalue weighted by atomic mass is 9.92. The monoisotopic (exact) mass is 562 g/mol. The first-order chi connectivity index (χ1) is 19.9. The highest BCUT2D eigenvalue weighted by Crippen LogP contribution is 2.45. The van der Waals surface area contributed by atoms with Crippen LogP contribution in [0.2, 0.25) is 0 Å². The molecule has 2 saturated heterocycles. The second-order valence-corrected chi connectivity index (χ2v) is 12.6. The third kappa shape index (κ3) is 5.78.